The van der Waals surface area contributed by atoms with Gasteiger partial charge in [0.15, 0.2) is 0 Å². The van der Waals surface area contributed by atoms with Crippen molar-refractivity contribution in [3.63, 3.8) is 0 Å². The van der Waals surface area contributed by atoms with Crippen LogP contribution in [0.25, 0.3) is 0 Å². The summed E-state index contributed by atoms with van der Waals surface area (Å²) in [6.45, 7) is 4.48. The Morgan fingerprint density at radius 3 is 1.93 bits per heavy atom. The second kappa shape index (κ2) is 4.54. The van der Waals surface area contributed by atoms with Crippen molar-refractivity contribution in [2.45, 2.75) is 19.8 Å². The maximum atomic E-state index is 10.5. The van der Waals surface area contributed by atoms with Crippen molar-refractivity contribution in [1.29, 1.82) is 0 Å². The van der Waals surface area contributed by atoms with Crippen molar-refractivity contribution in [3.8, 4) is 0 Å². The number of rotatable bonds is 1. The summed E-state index contributed by atoms with van der Waals surface area (Å²) in [6.07, 6.45) is 2.54. The Bertz CT molecular complexity index is 340. The fourth-order valence-electron chi connectivity index (χ4n) is 1.15. The summed E-state index contributed by atoms with van der Waals surface area (Å²) < 4.78 is 8.46. The smallest absolute Gasteiger partial charge is 0.342 e. The number of hydrogen-bond donors (Lipinski definition) is 0. The zero-order chi connectivity index (χ0) is 11.4. The van der Waals surface area contributed by atoms with Gasteiger partial charge in [-0.1, -0.05) is 6.58 Å². The molecule has 0 bridgehead atoms. The second-order valence-electron chi connectivity index (χ2n) is 2.91. The summed E-state index contributed by atoms with van der Waals surface area (Å²) in [7, 11) is 0. The molecule has 0 amide bonds. The number of cyclic esters (lactones) is 2. The Kier molecular flexibility index (Phi) is 3.38. The van der Waals surface area contributed by atoms with Crippen LogP contribution in [0.4, 0.5) is 0 Å². The highest BCUT2D eigenvalue weighted by Crippen LogP contribution is 2.34. The highest BCUT2D eigenvalue weighted by molar-refractivity contribution is 6.14. The summed E-state index contributed by atoms with van der Waals surface area (Å²) >= 11 is 0. The van der Waals surface area contributed by atoms with Crippen LogP contribution in [-0.2, 0) is 23.9 Å². The van der Waals surface area contributed by atoms with Crippen LogP contribution in [0.15, 0.2) is 24.0 Å². The van der Waals surface area contributed by atoms with Crippen LogP contribution in [0.1, 0.15) is 19.8 Å². The van der Waals surface area contributed by atoms with Crippen molar-refractivity contribution in [2.24, 2.45) is 0 Å². The number of carbonyl (C=O) groups is 3. The molecule has 2 rings (SSSR count). The van der Waals surface area contributed by atoms with E-state index in [1.807, 2.05) is 0 Å². The van der Waals surface area contributed by atoms with E-state index in [1.54, 1.807) is 0 Å². The molecule has 0 radical (unpaired) electrons. The van der Waals surface area contributed by atoms with Crippen LogP contribution in [0.5, 0.6) is 0 Å². The zero-order valence-corrected chi connectivity index (χ0v) is 8.24. The molecule has 15 heavy (non-hydrogen) atoms. The first-order chi connectivity index (χ1) is 7.06. The first-order valence-corrected chi connectivity index (χ1v) is 4.33. The van der Waals surface area contributed by atoms with E-state index in [4.69, 9.17) is 0 Å². The van der Waals surface area contributed by atoms with Crippen LogP contribution in [0.3, 0.4) is 0 Å². The van der Waals surface area contributed by atoms with Crippen LogP contribution >= 0.6 is 0 Å². The molecule has 0 aromatic rings. The van der Waals surface area contributed by atoms with Gasteiger partial charge >= 0.3 is 17.9 Å². The quantitative estimate of drug-likeness (QED) is 0.364. The molecule has 0 N–H and O–H groups in total. The Labute approximate surface area is 86.4 Å². The predicted octanol–water partition coefficient (Wildman–Crippen LogP) is 0.853. The van der Waals surface area contributed by atoms with E-state index in [-0.39, 0.29) is 5.97 Å². The molecular formula is C10H10O5. The summed E-state index contributed by atoms with van der Waals surface area (Å²) in [4.78, 5) is 30.8. The van der Waals surface area contributed by atoms with E-state index < -0.39 is 11.9 Å². The van der Waals surface area contributed by atoms with Gasteiger partial charge in [0.1, 0.15) is 0 Å². The van der Waals surface area contributed by atoms with Crippen molar-refractivity contribution in [2.75, 3.05) is 0 Å². The van der Waals surface area contributed by atoms with Gasteiger partial charge in [0.05, 0.1) is 6.26 Å². The van der Waals surface area contributed by atoms with E-state index in [9.17, 15) is 14.4 Å². The fraction of sp³-hybridized carbons (Fsp3) is 0.300. The van der Waals surface area contributed by atoms with E-state index in [2.05, 4.69) is 16.1 Å². The summed E-state index contributed by atoms with van der Waals surface area (Å²) in [6, 6.07) is 0. The van der Waals surface area contributed by atoms with E-state index >= 15 is 0 Å². The van der Waals surface area contributed by atoms with Crippen molar-refractivity contribution < 1.29 is 23.9 Å². The fourth-order valence-corrected chi connectivity index (χ4v) is 1.15. The van der Waals surface area contributed by atoms with Gasteiger partial charge in [-0.15, -0.1) is 0 Å². The number of ether oxygens (including phenoxy) is 2. The zero-order valence-electron chi connectivity index (χ0n) is 8.24. The maximum absolute atomic E-state index is 10.5. The minimum Gasteiger partial charge on any atom is -0.435 e. The molecule has 1 heterocycles. The molecule has 0 spiro atoms. The first kappa shape index (κ1) is 11.2. The minimum absolute atomic E-state index is 0.329. The summed E-state index contributed by atoms with van der Waals surface area (Å²) in [5.41, 5.74) is 1.19. The third-order valence-corrected chi connectivity index (χ3v) is 1.92. The summed E-state index contributed by atoms with van der Waals surface area (Å²) in [5.74, 6) is -1.19. The van der Waals surface area contributed by atoms with Gasteiger partial charge in [-0.2, -0.15) is 0 Å². The van der Waals surface area contributed by atoms with Crippen molar-refractivity contribution in [1.82, 2.24) is 0 Å². The van der Waals surface area contributed by atoms with Gasteiger partial charge in [0.25, 0.3) is 0 Å². The van der Waals surface area contributed by atoms with Gasteiger partial charge in [-0.25, -0.2) is 9.59 Å². The van der Waals surface area contributed by atoms with Crippen LogP contribution in [0, 0.1) is 0 Å². The van der Waals surface area contributed by atoms with Gasteiger partial charge in [-0.05, 0) is 12.8 Å². The molecule has 1 aliphatic carbocycles. The van der Waals surface area contributed by atoms with Gasteiger partial charge in [-0.3, -0.25) is 4.79 Å². The molecular weight excluding hydrogens is 200 g/mol. The topological polar surface area (TPSA) is 69.7 Å². The highest BCUT2D eigenvalue weighted by atomic mass is 16.6. The minimum atomic E-state index is -0.429. The standard InChI is InChI=1S/C6H4O3.C4H6O2/c7-5-3-1-2-4(3)6(8)9-5;1-3-6-4(2)5/h1-2H2;3H,1H2,2H3. The average molecular weight is 210 g/mol. The molecule has 0 aromatic carbocycles. The lowest BCUT2D eigenvalue weighted by Gasteiger charge is -2.07. The molecule has 0 fully saturated rings. The third-order valence-electron chi connectivity index (χ3n) is 1.92. The van der Waals surface area contributed by atoms with E-state index in [0.717, 1.165) is 19.1 Å². The Morgan fingerprint density at radius 1 is 1.33 bits per heavy atom. The van der Waals surface area contributed by atoms with Crippen LogP contribution in [0.2, 0.25) is 0 Å². The Balaban J connectivity index is 0.000000167. The molecule has 0 atom stereocenters. The summed E-state index contributed by atoms with van der Waals surface area (Å²) in [5, 5.41) is 0. The Morgan fingerprint density at radius 2 is 1.80 bits per heavy atom. The number of hydrogen-bond acceptors (Lipinski definition) is 5. The van der Waals surface area contributed by atoms with E-state index in [1.165, 1.54) is 6.92 Å². The van der Waals surface area contributed by atoms with Gasteiger partial charge < -0.3 is 9.47 Å². The molecule has 1 aliphatic heterocycles. The van der Waals surface area contributed by atoms with Gasteiger partial charge in [0.2, 0.25) is 0 Å². The second-order valence-corrected chi connectivity index (χ2v) is 2.91. The maximum Gasteiger partial charge on any atom is 0.342 e. The van der Waals surface area contributed by atoms with Gasteiger partial charge in [0, 0.05) is 18.1 Å². The highest BCUT2D eigenvalue weighted by Gasteiger charge is 2.38. The van der Waals surface area contributed by atoms with Crippen molar-refractivity contribution >= 4 is 17.9 Å². The van der Waals surface area contributed by atoms with E-state index in [0.29, 0.717) is 11.1 Å². The predicted molar refractivity (Wildman–Crippen MR) is 49.3 cm³/mol. The molecule has 0 saturated heterocycles. The molecule has 80 valence electrons. The lowest BCUT2D eigenvalue weighted by Crippen LogP contribution is -2.05. The molecule has 5 heteroatoms. The lowest BCUT2D eigenvalue weighted by atomic mass is 9.91. The molecule has 0 saturated carbocycles. The monoisotopic (exact) mass is 210 g/mol. The molecule has 2 aliphatic rings. The third kappa shape index (κ3) is 2.52. The van der Waals surface area contributed by atoms with Crippen LogP contribution in [-0.4, -0.2) is 17.9 Å². The molecule has 0 aromatic heterocycles. The number of carbonyl (C=O) groups excluding carboxylic acids is 3. The lowest BCUT2D eigenvalue weighted by molar-refractivity contribution is -0.150. The normalized spacial score (nSPS) is 16.9. The van der Waals surface area contributed by atoms with Crippen molar-refractivity contribution in [3.05, 3.63) is 24.0 Å². The Hall–Kier alpha value is -1.91. The average Bonchev–Trinajstić information content (AvgIpc) is 2.18. The van der Waals surface area contributed by atoms with Crippen LogP contribution < -0.4 is 0 Å². The first-order valence-electron chi connectivity index (χ1n) is 4.33. The number of esters is 3. The molecule has 5 nitrogen and oxygen atoms in total. The molecule has 0 unspecified atom stereocenters. The SMILES string of the molecule is C=COC(C)=O.O=C1OC(=O)C2=C1CC2. The largest absolute Gasteiger partial charge is 0.435 e.